The first-order valence-electron chi connectivity index (χ1n) is 9.45. The number of nitrogens with zero attached hydrogens (tertiary/aromatic N) is 1. The molecule has 2 aromatic rings. The normalized spacial score (nSPS) is 18.1. The number of alkyl halides is 5. The fourth-order valence-electron chi connectivity index (χ4n) is 3.70. The maximum atomic E-state index is 13.6. The second-order valence-corrected chi connectivity index (χ2v) is 8.39. The average molecular weight is 491 g/mol. The van der Waals surface area contributed by atoms with E-state index >= 15 is 0 Å². The molecule has 30 heavy (non-hydrogen) atoms. The molecule has 1 unspecified atom stereocenters. The fraction of sp³-hybridized carbons (Fsp3) is 0.429. The third-order valence-electron chi connectivity index (χ3n) is 5.47. The molecule has 1 amide bonds. The monoisotopic (exact) mass is 490 g/mol. The Morgan fingerprint density at radius 3 is 2.43 bits per heavy atom. The van der Waals surface area contributed by atoms with Crippen molar-refractivity contribution in [3.63, 3.8) is 0 Å². The molecular weight excluding hydrogens is 471 g/mol. The van der Waals surface area contributed by atoms with Gasteiger partial charge in [0.2, 0.25) is 5.92 Å². The highest BCUT2D eigenvalue weighted by molar-refractivity contribution is 9.10. The van der Waals surface area contributed by atoms with E-state index in [0.717, 1.165) is 16.7 Å². The molecule has 9 heteroatoms. The van der Waals surface area contributed by atoms with Gasteiger partial charge in [0.15, 0.2) is 0 Å². The number of halogens is 6. The van der Waals surface area contributed by atoms with Crippen LogP contribution in [0.4, 0.5) is 22.0 Å². The summed E-state index contributed by atoms with van der Waals surface area (Å²) in [6.45, 7) is 1.76. The lowest BCUT2D eigenvalue weighted by Gasteiger charge is -2.34. The van der Waals surface area contributed by atoms with Gasteiger partial charge in [-0.2, -0.15) is 13.2 Å². The summed E-state index contributed by atoms with van der Waals surface area (Å²) in [7, 11) is 0. The highest BCUT2D eigenvalue weighted by Crippen LogP contribution is 2.41. The van der Waals surface area contributed by atoms with Crippen molar-refractivity contribution in [1.29, 1.82) is 0 Å². The number of hydrogen-bond acceptors (Lipinski definition) is 2. The SMILES string of the molecule is Cc1c(Br)cccc1C(=O)NC(c1ccc(C(F)(F)F)nc1)C1CCC(F)(F)CC1. The molecule has 0 spiro atoms. The lowest BCUT2D eigenvalue weighted by molar-refractivity contribution is -0.141. The van der Waals surface area contributed by atoms with Crippen LogP contribution in [0.5, 0.6) is 0 Å². The second kappa shape index (κ2) is 8.61. The highest BCUT2D eigenvalue weighted by atomic mass is 79.9. The van der Waals surface area contributed by atoms with Gasteiger partial charge in [0.1, 0.15) is 5.69 Å². The maximum Gasteiger partial charge on any atom is 0.433 e. The van der Waals surface area contributed by atoms with Gasteiger partial charge in [0.25, 0.3) is 5.91 Å². The largest absolute Gasteiger partial charge is 0.433 e. The van der Waals surface area contributed by atoms with Crippen LogP contribution < -0.4 is 5.32 Å². The number of carbonyl (C=O) groups is 1. The summed E-state index contributed by atoms with van der Waals surface area (Å²) in [4.78, 5) is 16.4. The molecule has 1 atom stereocenters. The van der Waals surface area contributed by atoms with Crippen LogP contribution in [0, 0.1) is 12.8 Å². The molecule has 0 radical (unpaired) electrons. The van der Waals surface area contributed by atoms with Gasteiger partial charge in [-0.05, 0) is 55.0 Å². The van der Waals surface area contributed by atoms with E-state index in [1.165, 1.54) is 6.07 Å². The molecule has 162 valence electrons. The Labute approximate surface area is 179 Å². The Balaban J connectivity index is 1.90. The molecule has 1 aliphatic rings. The minimum absolute atomic E-state index is 0.149. The lowest BCUT2D eigenvalue weighted by Crippen LogP contribution is -2.37. The smallest absolute Gasteiger partial charge is 0.345 e. The zero-order chi connectivity index (χ0) is 22.1. The number of pyridine rings is 1. The zero-order valence-electron chi connectivity index (χ0n) is 16.1. The number of nitrogens with one attached hydrogen (secondary N) is 1. The van der Waals surface area contributed by atoms with Crippen LogP contribution in [0.1, 0.15) is 58.9 Å². The van der Waals surface area contributed by atoms with Crippen molar-refractivity contribution >= 4 is 21.8 Å². The van der Waals surface area contributed by atoms with Crippen LogP contribution >= 0.6 is 15.9 Å². The first-order chi connectivity index (χ1) is 14.0. The van der Waals surface area contributed by atoms with Crippen molar-refractivity contribution in [2.24, 2.45) is 5.92 Å². The summed E-state index contributed by atoms with van der Waals surface area (Å²) >= 11 is 3.36. The van der Waals surface area contributed by atoms with E-state index in [1.807, 2.05) is 0 Å². The number of carbonyl (C=O) groups excluding carboxylic acids is 1. The number of hydrogen-bond donors (Lipinski definition) is 1. The quantitative estimate of drug-likeness (QED) is 0.499. The molecule has 3 rings (SSSR count). The van der Waals surface area contributed by atoms with Crippen molar-refractivity contribution in [2.45, 2.75) is 50.7 Å². The molecule has 1 fully saturated rings. The van der Waals surface area contributed by atoms with Crippen molar-refractivity contribution in [1.82, 2.24) is 10.3 Å². The first-order valence-corrected chi connectivity index (χ1v) is 10.2. The zero-order valence-corrected chi connectivity index (χ0v) is 17.7. The van der Waals surface area contributed by atoms with Crippen molar-refractivity contribution < 1.29 is 26.7 Å². The minimum Gasteiger partial charge on any atom is -0.345 e. The fourth-order valence-corrected chi connectivity index (χ4v) is 4.06. The van der Waals surface area contributed by atoms with E-state index in [2.05, 4.69) is 26.2 Å². The van der Waals surface area contributed by atoms with Crippen LogP contribution in [-0.4, -0.2) is 16.8 Å². The summed E-state index contributed by atoms with van der Waals surface area (Å²) in [5, 5.41) is 2.85. The first kappa shape index (κ1) is 22.7. The Bertz CT molecular complexity index is 905. The van der Waals surface area contributed by atoms with Gasteiger partial charge in [0.05, 0.1) is 6.04 Å². The molecule has 0 saturated heterocycles. The van der Waals surface area contributed by atoms with Gasteiger partial charge in [-0.1, -0.05) is 28.1 Å². The number of rotatable bonds is 4. The summed E-state index contributed by atoms with van der Waals surface area (Å²) < 4.78 is 66.5. The molecule has 0 aliphatic heterocycles. The second-order valence-electron chi connectivity index (χ2n) is 7.53. The Morgan fingerprint density at radius 1 is 1.20 bits per heavy atom. The molecule has 1 heterocycles. The van der Waals surface area contributed by atoms with Gasteiger partial charge in [-0.15, -0.1) is 0 Å². The predicted molar refractivity (Wildman–Crippen MR) is 105 cm³/mol. The molecule has 1 N–H and O–H groups in total. The topological polar surface area (TPSA) is 42.0 Å². The third kappa shape index (κ3) is 5.17. The summed E-state index contributed by atoms with van der Waals surface area (Å²) in [5.41, 5.74) is 0.415. The van der Waals surface area contributed by atoms with Crippen LogP contribution in [0.2, 0.25) is 0 Å². The van der Waals surface area contributed by atoms with Crippen molar-refractivity contribution in [3.8, 4) is 0 Å². The van der Waals surface area contributed by atoms with Gasteiger partial charge in [0, 0.05) is 29.1 Å². The van der Waals surface area contributed by atoms with Gasteiger partial charge in [-0.25, -0.2) is 8.78 Å². The molecule has 3 nitrogen and oxygen atoms in total. The predicted octanol–water partition coefficient (Wildman–Crippen LogP) is 6.47. The van der Waals surface area contributed by atoms with Crippen LogP contribution in [0.15, 0.2) is 41.0 Å². The summed E-state index contributed by atoms with van der Waals surface area (Å²) in [6, 6.07) is 6.49. The highest BCUT2D eigenvalue weighted by Gasteiger charge is 2.39. The summed E-state index contributed by atoms with van der Waals surface area (Å²) in [5.74, 6) is -3.51. The molecule has 1 aromatic heterocycles. The van der Waals surface area contributed by atoms with E-state index in [0.29, 0.717) is 16.7 Å². The molecule has 1 aromatic carbocycles. The van der Waals surface area contributed by atoms with Crippen molar-refractivity contribution in [2.75, 3.05) is 0 Å². The minimum atomic E-state index is -4.59. The van der Waals surface area contributed by atoms with Gasteiger partial charge >= 0.3 is 6.18 Å². The molecule has 1 aliphatic carbocycles. The number of benzene rings is 1. The molecular formula is C21H20BrF5N2O. The Hall–Kier alpha value is -2.03. The van der Waals surface area contributed by atoms with E-state index < -0.39 is 29.7 Å². The average Bonchev–Trinajstić information content (AvgIpc) is 2.68. The summed E-state index contributed by atoms with van der Waals surface area (Å²) in [6.07, 6.45) is -3.87. The maximum absolute atomic E-state index is 13.6. The Kier molecular flexibility index (Phi) is 6.50. The molecule has 0 bridgehead atoms. The van der Waals surface area contributed by atoms with Crippen LogP contribution in [-0.2, 0) is 6.18 Å². The van der Waals surface area contributed by atoms with E-state index in [9.17, 15) is 26.7 Å². The standard InChI is InChI=1S/C21H20BrF5N2O/c1-12-15(3-2-4-16(12)22)19(30)29-18(13-7-9-20(23,24)10-8-13)14-5-6-17(28-11-14)21(25,26)27/h2-6,11,13,18H,7-10H2,1H3,(H,29,30). The number of amides is 1. The van der Waals surface area contributed by atoms with Crippen molar-refractivity contribution in [3.05, 3.63) is 63.4 Å². The third-order valence-corrected chi connectivity index (χ3v) is 6.33. The number of aromatic nitrogens is 1. The van der Waals surface area contributed by atoms with E-state index in [-0.39, 0.29) is 31.6 Å². The molecule has 1 saturated carbocycles. The van der Waals surface area contributed by atoms with E-state index in [1.54, 1.807) is 25.1 Å². The lowest BCUT2D eigenvalue weighted by atomic mass is 9.79. The van der Waals surface area contributed by atoms with E-state index in [4.69, 9.17) is 0 Å². The van der Waals surface area contributed by atoms with Gasteiger partial charge in [-0.3, -0.25) is 9.78 Å². The van der Waals surface area contributed by atoms with Gasteiger partial charge < -0.3 is 5.32 Å². The van der Waals surface area contributed by atoms with Crippen LogP contribution in [0.3, 0.4) is 0 Å². The Morgan fingerprint density at radius 2 is 1.87 bits per heavy atom. The van der Waals surface area contributed by atoms with Crippen LogP contribution in [0.25, 0.3) is 0 Å².